The summed E-state index contributed by atoms with van der Waals surface area (Å²) in [5.74, 6) is 0.579. The van der Waals surface area contributed by atoms with Crippen LogP contribution < -0.4 is 5.32 Å². The summed E-state index contributed by atoms with van der Waals surface area (Å²) in [6.45, 7) is 1.97. The molecule has 0 saturated heterocycles. The summed E-state index contributed by atoms with van der Waals surface area (Å²) < 4.78 is 31.5. The first kappa shape index (κ1) is 18.6. The molecule has 2 aromatic carbocycles. The zero-order chi connectivity index (χ0) is 19.7. The number of nitrogens with zero attached hydrogens (tertiary/aromatic N) is 1. The van der Waals surface area contributed by atoms with Crippen molar-refractivity contribution in [3.63, 3.8) is 0 Å². The summed E-state index contributed by atoms with van der Waals surface area (Å²) in [6, 6.07) is 12.4. The van der Waals surface area contributed by atoms with E-state index in [0.29, 0.717) is 30.2 Å². The maximum Gasteiger partial charge on any atom is 0.299 e. The van der Waals surface area contributed by atoms with Gasteiger partial charge in [0.25, 0.3) is 12.4 Å². The van der Waals surface area contributed by atoms with E-state index in [1.165, 1.54) is 17.7 Å². The second kappa shape index (κ2) is 7.72. The van der Waals surface area contributed by atoms with Crippen molar-refractivity contribution in [2.24, 2.45) is 0 Å². The second-order valence-corrected chi connectivity index (χ2v) is 7.04. The van der Waals surface area contributed by atoms with Gasteiger partial charge in [0.2, 0.25) is 0 Å². The number of anilines is 2. The molecule has 4 nitrogen and oxygen atoms in total. The van der Waals surface area contributed by atoms with Gasteiger partial charge in [-0.25, -0.2) is 8.78 Å². The molecule has 1 aliphatic rings. The minimum absolute atomic E-state index is 0.0193. The SMILES string of the molecule is CCc1nc(Nc2cccc3c2CC(O)CC3)oc1-c1ccc(C(F)F)cc1. The number of aromatic nitrogens is 1. The van der Waals surface area contributed by atoms with Crippen LogP contribution in [0.3, 0.4) is 0 Å². The van der Waals surface area contributed by atoms with Gasteiger partial charge in [-0.3, -0.25) is 0 Å². The second-order valence-electron chi connectivity index (χ2n) is 7.04. The number of aliphatic hydroxyl groups excluding tert-OH is 1. The number of benzene rings is 2. The fraction of sp³-hybridized carbons (Fsp3) is 0.318. The average Bonchev–Trinajstić information content (AvgIpc) is 3.11. The third kappa shape index (κ3) is 3.64. The highest BCUT2D eigenvalue weighted by molar-refractivity contribution is 5.65. The molecule has 146 valence electrons. The number of rotatable bonds is 5. The van der Waals surface area contributed by atoms with Gasteiger partial charge >= 0.3 is 0 Å². The number of fused-ring (bicyclic) bond motifs is 1. The van der Waals surface area contributed by atoms with Crippen LogP contribution in [0.5, 0.6) is 0 Å². The monoisotopic (exact) mass is 384 g/mol. The Labute approximate surface area is 162 Å². The van der Waals surface area contributed by atoms with Crippen molar-refractivity contribution in [1.82, 2.24) is 4.98 Å². The number of aliphatic hydroxyl groups is 1. The van der Waals surface area contributed by atoms with Crippen LogP contribution >= 0.6 is 0 Å². The Morgan fingerprint density at radius 2 is 2.00 bits per heavy atom. The molecule has 3 aromatic rings. The van der Waals surface area contributed by atoms with Crippen LogP contribution in [-0.4, -0.2) is 16.2 Å². The molecule has 0 spiro atoms. The van der Waals surface area contributed by atoms with E-state index in [1.807, 2.05) is 19.1 Å². The van der Waals surface area contributed by atoms with Crippen LogP contribution in [-0.2, 0) is 19.3 Å². The molecule has 4 rings (SSSR count). The van der Waals surface area contributed by atoms with Crippen molar-refractivity contribution in [2.75, 3.05) is 5.32 Å². The van der Waals surface area contributed by atoms with Crippen LogP contribution in [0, 0.1) is 0 Å². The number of hydrogen-bond acceptors (Lipinski definition) is 4. The van der Waals surface area contributed by atoms with E-state index in [4.69, 9.17) is 4.42 Å². The quantitative estimate of drug-likeness (QED) is 0.615. The van der Waals surface area contributed by atoms with E-state index in [9.17, 15) is 13.9 Å². The van der Waals surface area contributed by atoms with Gasteiger partial charge in [-0.05, 0) is 36.5 Å². The summed E-state index contributed by atoms with van der Waals surface area (Å²) in [6.07, 6.45) is 0.0412. The molecule has 1 aliphatic carbocycles. The normalized spacial score (nSPS) is 16.2. The summed E-state index contributed by atoms with van der Waals surface area (Å²) in [5, 5.41) is 13.3. The van der Waals surface area contributed by atoms with Crippen molar-refractivity contribution in [3.05, 3.63) is 64.8 Å². The van der Waals surface area contributed by atoms with Gasteiger partial charge < -0.3 is 14.8 Å². The summed E-state index contributed by atoms with van der Waals surface area (Å²) in [7, 11) is 0. The molecule has 1 heterocycles. The van der Waals surface area contributed by atoms with E-state index in [2.05, 4.69) is 16.4 Å². The molecular weight excluding hydrogens is 362 g/mol. The van der Waals surface area contributed by atoms with E-state index in [-0.39, 0.29) is 11.7 Å². The van der Waals surface area contributed by atoms with Gasteiger partial charge in [0.05, 0.1) is 11.8 Å². The smallest absolute Gasteiger partial charge is 0.299 e. The van der Waals surface area contributed by atoms with Gasteiger partial charge in [-0.1, -0.05) is 43.3 Å². The molecule has 1 aromatic heterocycles. The lowest BCUT2D eigenvalue weighted by molar-refractivity contribution is 0.151. The maximum absolute atomic E-state index is 12.8. The van der Waals surface area contributed by atoms with E-state index in [1.54, 1.807) is 12.1 Å². The van der Waals surface area contributed by atoms with Gasteiger partial charge in [0, 0.05) is 23.2 Å². The minimum atomic E-state index is -2.49. The van der Waals surface area contributed by atoms with E-state index in [0.717, 1.165) is 29.8 Å². The largest absolute Gasteiger partial charge is 0.423 e. The van der Waals surface area contributed by atoms with Crippen molar-refractivity contribution < 1.29 is 18.3 Å². The molecule has 2 N–H and O–H groups in total. The zero-order valence-corrected chi connectivity index (χ0v) is 15.6. The standard InChI is InChI=1S/C22H22F2N2O2/c1-2-18-20(14-6-8-15(9-7-14)21(23)24)28-22(25-18)26-19-5-3-4-13-10-11-16(27)12-17(13)19/h3-9,16,21,27H,2,10-12H2,1H3,(H,25,26). The van der Waals surface area contributed by atoms with Crippen LogP contribution in [0.4, 0.5) is 20.5 Å². The molecule has 6 heteroatoms. The highest BCUT2D eigenvalue weighted by Gasteiger charge is 2.21. The molecule has 0 fully saturated rings. The molecular formula is C22H22F2N2O2. The summed E-state index contributed by atoms with van der Waals surface area (Å²) >= 11 is 0. The Hall–Kier alpha value is -2.73. The third-order valence-corrected chi connectivity index (χ3v) is 5.16. The lowest BCUT2D eigenvalue weighted by atomic mass is 9.88. The number of aryl methyl sites for hydroxylation is 2. The van der Waals surface area contributed by atoms with Crippen LogP contribution in [0.2, 0.25) is 0 Å². The van der Waals surface area contributed by atoms with Crippen molar-refractivity contribution in [1.29, 1.82) is 0 Å². The lowest BCUT2D eigenvalue weighted by Crippen LogP contribution is -2.19. The van der Waals surface area contributed by atoms with Crippen LogP contribution in [0.1, 0.15) is 42.2 Å². The zero-order valence-electron chi connectivity index (χ0n) is 15.6. The molecule has 1 atom stereocenters. The number of alkyl halides is 2. The Morgan fingerprint density at radius 1 is 1.21 bits per heavy atom. The predicted molar refractivity (Wildman–Crippen MR) is 104 cm³/mol. The van der Waals surface area contributed by atoms with Crippen LogP contribution in [0.15, 0.2) is 46.9 Å². The number of hydrogen-bond donors (Lipinski definition) is 2. The number of halogens is 2. The lowest BCUT2D eigenvalue weighted by Gasteiger charge is -2.23. The third-order valence-electron chi connectivity index (χ3n) is 5.16. The topological polar surface area (TPSA) is 58.3 Å². The van der Waals surface area contributed by atoms with E-state index < -0.39 is 6.43 Å². The Kier molecular flexibility index (Phi) is 5.13. The summed E-state index contributed by atoms with van der Waals surface area (Å²) in [5.41, 5.74) is 4.64. The predicted octanol–water partition coefficient (Wildman–Crippen LogP) is 5.43. The van der Waals surface area contributed by atoms with E-state index >= 15 is 0 Å². The van der Waals surface area contributed by atoms with Gasteiger partial charge in [-0.2, -0.15) is 4.98 Å². The van der Waals surface area contributed by atoms with Crippen LogP contribution in [0.25, 0.3) is 11.3 Å². The first-order valence-electron chi connectivity index (χ1n) is 9.49. The molecule has 0 bridgehead atoms. The van der Waals surface area contributed by atoms with Crippen molar-refractivity contribution in [3.8, 4) is 11.3 Å². The van der Waals surface area contributed by atoms with Gasteiger partial charge in [-0.15, -0.1) is 0 Å². The van der Waals surface area contributed by atoms with Crippen molar-refractivity contribution >= 4 is 11.7 Å². The molecule has 28 heavy (non-hydrogen) atoms. The average molecular weight is 384 g/mol. The van der Waals surface area contributed by atoms with Crippen molar-refractivity contribution in [2.45, 2.75) is 45.1 Å². The minimum Gasteiger partial charge on any atom is -0.423 e. The fourth-order valence-corrected chi connectivity index (χ4v) is 3.65. The molecule has 0 radical (unpaired) electrons. The van der Waals surface area contributed by atoms with Gasteiger partial charge in [0.1, 0.15) is 0 Å². The first-order valence-corrected chi connectivity index (χ1v) is 9.49. The molecule has 0 aliphatic heterocycles. The number of nitrogens with one attached hydrogen (secondary N) is 1. The number of oxazole rings is 1. The first-order chi connectivity index (χ1) is 13.5. The Balaban J connectivity index is 1.64. The fourth-order valence-electron chi connectivity index (χ4n) is 3.65. The summed E-state index contributed by atoms with van der Waals surface area (Å²) in [4.78, 5) is 4.54. The maximum atomic E-state index is 12.8. The molecule has 1 unspecified atom stereocenters. The Bertz CT molecular complexity index is 967. The Morgan fingerprint density at radius 3 is 2.71 bits per heavy atom. The highest BCUT2D eigenvalue weighted by atomic mass is 19.3. The highest BCUT2D eigenvalue weighted by Crippen LogP contribution is 2.33. The molecule has 0 amide bonds. The molecule has 0 saturated carbocycles. The van der Waals surface area contributed by atoms with Gasteiger partial charge in [0.15, 0.2) is 5.76 Å².